The largest absolute Gasteiger partial charge is 0.324 e. The molecule has 2 N–H and O–H groups in total. The summed E-state index contributed by atoms with van der Waals surface area (Å²) in [6.07, 6.45) is 3.55. The standard InChI is InChI=1S/C31H28ClF2N7/c1-18-16-41(17-19(2)38-18)37-13-20-6-9-23(10-7-20)39-31-36-15-21-14-35-30(28-26(33)4-3-5-27(28)34)25-12-22(32)8-11-24(25)29(21)40-31/h3-13,15,18-19,38H,14,16-17H2,1-2H3,(H,36,39,40)/b37-13+. The van der Waals surface area contributed by atoms with Crippen molar-refractivity contribution in [1.82, 2.24) is 20.3 Å². The van der Waals surface area contributed by atoms with Crippen molar-refractivity contribution in [3.63, 3.8) is 0 Å². The van der Waals surface area contributed by atoms with Crippen molar-refractivity contribution in [3.8, 4) is 11.3 Å². The van der Waals surface area contributed by atoms with Gasteiger partial charge in [-0.05, 0) is 55.8 Å². The number of benzene rings is 3. The third kappa shape index (κ3) is 5.82. The summed E-state index contributed by atoms with van der Waals surface area (Å²) in [7, 11) is 0. The van der Waals surface area contributed by atoms with Gasteiger partial charge >= 0.3 is 0 Å². The van der Waals surface area contributed by atoms with Gasteiger partial charge in [0.05, 0.1) is 42.8 Å². The van der Waals surface area contributed by atoms with Gasteiger partial charge in [0, 0.05) is 45.7 Å². The van der Waals surface area contributed by atoms with Crippen LogP contribution in [-0.4, -0.2) is 52.1 Å². The molecule has 0 amide bonds. The number of nitrogens with one attached hydrogen (secondary N) is 2. The van der Waals surface area contributed by atoms with Gasteiger partial charge in [0.1, 0.15) is 11.6 Å². The van der Waals surface area contributed by atoms with E-state index in [1.54, 1.807) is 24.4 Å². The zero-order chi connectivity index (χ0) is 28.5. The third-order valence-electron chi connectivity index (χ3n) is 7.04. The van der Waals surface area contributed by atoms with Gasteiger partial charge in [0.15, 0.2) is 0 Å². The first-order chi connectivity index (χ1) is 19.8. The van der Waals surface area contributed by atoms with E-state index in [-0.39, 0.29) is 17.8 Å². The lowest BCUT2D eigenvalue weighted by molar-refractivity contribution is 0.181. The molecular formula is C31H28ClF2N7. The van der Waals surface area contributed by atoms with Gasteiger partial charge in [-0.15, -0.1) is 0 Å². The van der Waals surface area contributed by atoms with Crippen molar-refractivity contribution >= 4 is 35.2 Å². The Morgan fingerprint density at radius 3 is 2.46 bits per heavy atom. The molecule has 10 heteroatoms. The smallest absolute Gasteiger partial charge is 0.227 e. The zero-order valence-electron chi connectivity index (χ0n) is 22.6. The molecule has 2 atom stereocenters. The van der Waals surface area contributed by atoms with E-state index in [9.17, 15) is 8.78 Å². The molecule has 0 saturated carbocycles. The highest BCUT2D eigenvalue weighted by molar-refractivity contribution is 6.31. The van der Waals surface area contributed by atoms with Gasteiger partial charge in [-0.1, -0.05) is 35.9 Å². The molecule has 1 fully saturated rings. The van der Waals surface area contributed by atoms with Crippen molar-refractivity contribution in [2.24, 2.45) is 10.1 Å². The summed E-state index contributed by atoms with van der Waals surface area (Å²) < 4.78 is 29.6. The number of aliphatic imine (C=N–C) groups is 1. The average molecular weight is 572 g/mol. The minimum absolute atomic E-state index is 0.156. The first-order valence-corrected chi connectivity index (χ1v) is 13.8. The number of halogens is 3. The molecule has 0 radical (unpaired) electrons. The molecule has 0 bridgehead atoms. The maximum absolute atomic E-state index is 14.8. The molecule has 2 unspecified atom stereocenters. The van der Waals surface area contributed by atoms with E-state index < -0.39 is 11.6 Å². The molecule has 208 valence electrons. The Morgan fingerprint density at radius 1 is 1.00 bits per heavy atom. The van der Waals surface area contributed by atoms with Crippen molar-refractivity contribution < 1.29 is 8.78 Å². The monoisotopic (exact) mass is 571 g/mol. The predicted molar refractivity (Wildman–Crippen MR) is 159 cm³/mol. The van der Waals surface area contributed by atoms with Gasteiger partial charge < -0.3 is 10.6 Å². The van der Waals surface area contributed by atoms with E-state index in [0.717, 1.165) is 29.9 Å². The second kappa shape index (κ2) is 11.3. The topological polar surface area (TPSA) is 77.8 Å². The molecular weight excluding hydrogens is 544 g/mol. The van der Waals surface area contributed by atoms with Crippen molar-refractivity contribution in [3.05, 3.63) is 106 Å². The molecule has 7 nitrogen and oxygen atoms in total. The second-order valence-corrected chi connectivity index (χ2v) is 10.8. The van der Waals surface area contributed by atoms with Crippen LogP contribution in [0.5, 0.6) is 0 Å². The van der Waals surface area contributed by atoms with E-state index in [0.29, 0.717) is 39.9 Å². The van der Waals surface area contributed by atoms with Crippen molar-refractivity contribution in [2.45, 2.75) is 32.5 Å². The number of anilines is 2. The summed E-state index contributed by atoms with van der Waals surface area (Å²) in [5.41, 5.74) is 4.29. The minimum Gasteiger partial charge on any atom is -0.324 e. The number of hydrazone groups is 1. The Morgan fingerprint density at radius 2 is 1.73 bits per heavy atom. The van der Waals surface area contributed by atoms with Crippen LogP contribution in [0.15, 0.2) is 77.0 Å². The van der Waals surface area contributed by atoms with Crippen LogP contribution >= 0.6 is 11.6 Å². The minimum atomic E-state index is -0.695. The fraction of sp³-hybridized carbons (Fsp3) is 0.226. The lowest BCUT2D eigenvalue weighted by Gasteiger charge is -2.34. The van der Waals surface area contributed by atoms with Gasteiger partial charge in [0.25, 0.3) is 0 Å². The van der Waals surface area contributed by atoms with E-state index in [2.05, 4.69) is 44.6 Å². The maximum atomic E-state index is 14.8. The van der Waals surface area contributed by atoms with Gasteiger partial charge in [-0.3, -0.25) is 10.0 Å². The van der Waals surface area contributed by atoms with E-state index in [1.807, 2.05) is 30.5 Å². The van der Waals surface area contributed by atoms with Gasteiger partial charge in [-0.2, -0.15) is 5.10 Å². The van der Waals surface area contributed by atoms with Gasteiger partial charge in [-0.25, -0.2) is 18.7 Å². The fourth-order valence-corrected chi connectivity index (χ4v) is 5.42. The molecule has 2 aliphatic rings. The van der Waals surface area contributed by atoms with E-state index >= 15 is 0 Å². The normalized spacial score (nSPS) is 18.5. The van der Waals surface area contributed by atoms with Crippen LogP contribution in [0.25, 0.3) is 11.3 Å². The zero-order valence-corrected chi connectivity index (χ0v) is 23.3. The average Bonchev–Trinajstić information content (AvgIpc) is 3.09. The van der Waals surface area contributed by atoms with Crippen molar-refractivity contribution in [2.75, 3.05) is 18.4 Å². The summed E-state index contributed by atoms with van der Waals surface area (Å²) in [5.74, 6) is -1.00. The van der Waals surface area contributed by atoms with Crippen LogP contribution in [0.1, 0.15) is 36.1 Å². The predicted octanol–water partition coefficient (Wildman–Crippen LogP) is 6.19. The molecule has 3 aromatic carbocycles. The number of hydrogen-bond donors (Lipinski definition) is 2. The Balaban J connectivity index is 1.26. The van der Waals surface area contributed by atoms with Crippen molar-refractivity contribution in [1.29, 1.82) is 0 Å². The lowest BCUT2D eigenvalue weighted by atomic mass is 9.95. The fourth-order valence-electron chi connectivity index (χ4n) is 5.24. The Hall–Kier alpha value is -4.21. The van der Waals surface area contributed by atoms with E-state index in [4.69, 9.17) is 16.6 Å². The first kappa shape index (κ1) is 27.0. The number of aromatic nitrogens is 2. The maximum Gasteiger partial charge on any atom is 0.227 e. The number of nitrogens with zero attached hydrogens (tertiary/aromatic N) is 5. The number of hydrogen-bond acceptors (Lipinski definition) is 7. The Labute approximate surface area is 242 Å². The summed E-state index contributed by atoms with van der Waals surface area (Å²) >= 11 is 6.32. The molecule has 1 saturated heterocycles. The highest BCUT2D eigenvalue weighted by atomic mass is 35.5. The molecule has 3 heterocycles. The molecule has 0 spiro atoms. The van der Waals surface area contributed by atoms with E-state index in [1.165, 1.54) is 18.2 Å². The number of piperazine rings is 1. The van der Waals surface area contributed by atoms with Crippen LogP contribution in [0, 0.1) is 11.6 Å². The Bertz CT molecular complexity index is 1630. The quantitative estimate of drug-likeness (QED) is 0.280. The van der Waals surface area contributed by atoms with Crippen LogP contribution in [0.4, 0.5) is 20.4 Å². The summed E-state index contributed by atoms with van der Waals surface area (Å²) in [6, 6.07) is 17.6. The highest BCUT2D eigenvalue weighted by Crippen LogP contribution is 2.34. The van der Waals surface area contributed by atoms with Crippen LogP contribution in [0.3, 0.4) is 0 Å². The first-order valence-electron chi connectivity index (χ1n) is 13.4. The Kier molecular flexibility index (Phi) is 7.47. The lowest BCUT2D eigenvalue weighted by Crippen LogP contribution is -2.52. The molecule has 2 aliphatic heterocycles. The van der Waals surface area contributed by atoms with Crippen LogP contribution < -0.4 is 10.6 Å². The summed E-state index contributed by atoms with van der Waals surface area (Å²) in [6.45, 7) is 6.21. The van der Waals surface area contributed by atoms with Crippen LogP contribution in [-0.2, 0) is 6.54 Å². The SMILES string of the molecule is CC1CN(/N=C/c2ccc(Nc3ncc4c(n3)-c3ccc(Cl)cc3C(c3c(F)cccc3F)=NC4)cc2)CC(C)N1. The molecule has 41 heavy (non-hydrogen) atoms. The molecule has 1 aromatic heterocycles. The second-order valence-electron chi connectivity index (χ2n) is 10.4. The molecule has 6 rings (SSSR count). The third-order valence-corrected chi connectivity index (χ3v) is 7.27. The molecule has 4 aromatic rings. The molecule has 0 aliphatic carbocycles. The summed E-state index contributed by atoms with van der Waals surface area (Å²) in [5, 5.41) is 13.9. The summed E-state index contributed by atoms with van der Waals surface area (Å²) in [4.78, 5) is 13.8. The number of fused-ring (bicyclic) bond motifs is 3. The van der Waals surface area contributed by atoms with Gasteiger partial charge in [0.2, 0.25) is 5.95 Å². The van der Waals surface area contributed by atoms with Crippen LogP contribution in [0.2, 0.25) is 5.02 Å². The number of rotatable bonds is 5. The highest BCUT2D eigenvalue weighted by Gasteiger charge is 2.25.